The lowest BCUT2D eigenvalue weighted by atomic mass is 10.1. The number of aliphatic hydroxyl groups is 1. The van der Waals surface area contributed by atoms with Gasteiger partial charge in [0.1, 0.15) is 0 Å². The molecular weight excluding hydrogens is 288 g/mol. The van der Waals surface area contributed by atoms with Gasteiger partial charge in [-0.3, -0.25) is 0 Å². The highest BCUT2D eigenvalue weighted by atomic mass is 16.4. The summed E-state index contributed by atoms with van der Waals surface area (Å²) in [5.41, 5.74) is 0. The predicted molar refractivity (Wildman–Crippen MR) is 94.8 cm³/mol. The molecule has 0 fully saturated rings. The van der Waals surface area contributed by atoms with Gasteiger partial charge >= 0.3 is 0 Å². The van der Waals surface area contributed by atoms with Crippen LogP contribution >= 0.6 is 0 Å². The topological polar surface area (TPSA) is 60.4 Å². The molecule has 3 heteroatoms. The Morgan fingerprint density at radius 1 is 1.00 bits per heavy atom. The van der Waals surface area contributed by atoms with Crippen LogP contribution in [0.25, 0.3) is 0 Å². The molecule has 0 aromatic rings. The number of rotatable bonds is 14. The van der Waals surface area contributed by atoms with Crippen molar-refractivity contribution in [2.75, 3.05) is 0 Å². The quantitative estimate of drug-likeness (QED) is 0.300. The van der Waals surface area contributed by atoms with Crippen LogP contribution < -0.4 is 5.11 Å². The third-order valence-corrected chi connectivity index (χ3v) is 3.31. The SMILES string of the molecule is CCCCC[C@H](O)/C=C/C=C\C/C=C\C/C=C\CCCC(=O)[O-]. The molecule has 0 radical (unpaired) electrons. The van der Waals surface area contributed by atoms with Gasteiger partial charge in [-0.25, -0.2) is 0 Å². The predicted octanol–water partition coefficient (Wildman–Crippen LogP) is 3.85. The van der Waals surface area contributed by atoms with Gasteiger partial charge < -0.3 is 15.0 Å². The highest BCUT2D eigenvalue weighted by Crippen LogP contribution is 2.04. The standard InChI is InChI=1S/C20H32O3/c1-2-3-13-16-19(21)17-14-11-9-7-5-4-6-8-10-12-15-18-20(22)23/h4-5,8-11,14,17,19,21H,2-3,6-7,12-13,15-16,18H2,1H3,(H,22,23)/p-1/b5-4-,10-8-,11-9-,17-14+/t19-/m0/s1. The number of carbonyl (C=O) groups excluding carboxylic acids is 1. The molecule has 0 bridgehead atoms. The zero-order valence-electron chi connectivity index (χ0n) is 14.3. The molecule has 0 aromatic carbocycles. The third-order valence-electron chi connectivity index (χ3n) is 3.31. The fourth-order valence-corrected chi connectivity index (χ4v) is 1.98. The van der Waals surface area contributed by atoms with E-state index in [0.29, 0.717) is 6.42 Å². The average Bonchev–Trinajstić information content (AvgIpc) is 2.51. The second-order valence-electron chi connectivity index (χ2n) is 5.55. The van der Waals surface area contributed by atoms with Gasteiger partial charge in [-0.1, -0.05) is 74.8 Å². The van der Waals surface area contributed by atoms with Gasteiger partial charge in [0, 0.05) is 5.97 Å². The summed E-state index contributed by atoms with van der Waals surface area (Å²) < 4.78 is 0. The van der Waals surface area contributed by atoms with Gasteiger partial charge in [0.25, 0.3) is 0 Å². The van der Waals surface area contributed by atoms with Crippen molar-refractivity contribution in [2.45, 2.75) is 70.8 Å². The zero-order valence-corrected chi connectivity index (χ0v) is 14.3. The molecule has 0 saturated carbocycles. The van der Waals surface area contributed by atoms with Crippen LogP contribution in [0.4, 0.5) is 0 Å². The number of unbranched alkanes of at least 4 members (excludes halogenated alkanes) is 3. The van der Waals surface area contributed by atoms with Crippen molar-refractivity contribution >= 4 is 5.97 Å². The molecule has 1 N–H and O–H groups in total. The molecule has 0 aliphatic heterocycles. The minimum Gasteiger partial charge on any atom is -0.550 e. The van der Waals surface area contributed by atoms with E-state index < -0.39 is 5.97 Å². The van der Waals surface area contributed by atoms with E-state index in [1.807, 2.05) is 30.4 Å². The molecule has 0 aliphatic rings. The largest absolute Gasteiger partial charge is 0.550 e. The number of aliphatic hydroxyl groups excluding tert-OH is 1. The van der Waals surface area contributed by atoms with Crippen LogP contribution in [0.1, 0.15) is 64.7 Å². The first-order chi connectivity index (χ1) is 11.2. The lowest BCUT2D eigenvalue weighted by molar-refractivity contribution is -0.305. The summed E-state index contributed by atoms with van der Waals surface area (Å²) in [5.74, 6) is -0.979. The second kappa shape index (κ2) is 16.8. The van der Waals surface area contributed by atoms with Crippen LogP contribution in [-0.4, -0.2) is 17.2 Å². The molecule has 0 aliphatic carbocycles. The highest BCUT2D eigenvalue weighted by molar-refractivity contribution is 5.64. The first-order valence-corrected chi connectivity index (χ1v) is 8.68. The number of aliphatic carboxylic acids is 1. The van der Waals surface area contributed by atoms with Crippen LogP contribution in [0.3, 0.4) is 0 Å². The zero-order chi connectivity index (χ0) is 17.2. The van der Waals surface area contributed by atoms with Gasteiger partial charge in [-0.05, 0) is 38.5 Å². The summed E-state index contributed by atoms with van der Waals surface area (Å²) in [7, 11) is 0. The van der Waals surface area contributed by atoms with E-state index >= 15 is 0 Å². The van der Waals surface area contributed by atoms with Gasteiger partial charge in [0.05, 0.1) is 6.10 Å². The molecule has 0 spiro atoms. The number of carboxylic acids is 1. The van der Waals surface area contributed by atoms with Crippen LogP contribution in [0.5, 0.6) is 0 Å². The van der Waals surface area contributed by atoms with E-state index in [-0.39, 0.29) is 12.5 Å². The Balaban J connectivity index is 3.57. The molecule has 0 amide bonds. The van der Waals surface area contributed by atoms with Crippen LogP contribution in [0, 0.1) is 0 Å². The van der Waals surface area contributed by atoms with Crippen molar-refractivity contribution in [3.63, 3.8) is 0 Å². The molecule has 130 valence electrons. The molecule has 3 nitrogen and oxygen atoms in total. The molecule has 0 heterocycles. The molecule has 0 aromatic heterocycles. The van der Waals surface area contributed by atoms with E-state index in [2.05, 4.69) is 25.2 Å². The summed E-state index contributed by atoms with van der Waals surface area (Å²) in [6, 6.07) is 0. The van der Waals surface area contributed by atoms with E-state index in [9.17, 15) is 15.0 Å². The lowest BCUT2D eigenvalue weighted by Crippen LogP contribution is -2.21. The second-order valence-corrected chi connectivity index (χ2v) is 5.55. The Bertz CT molecular complexity index is 392. The summed E-state index contributed by atoms with van der Waals surface area (Å²) in [5, 5.41) is 19.9. The fourth-order valence-electron chi connectivity index (χ4n) is 1.98. The molecule has 23 heavy (non-hydrogen) atoms. The van der Waals surface area contributed by atoms with Crippen molar-refractivity contribution in [2.24, 2.45) is 0 Å². The van der Waals surface area contributed by atoms with Crippen molar-refractivity contribution in [1.29, 1.82) is 0 Å². The summed E-state index contributed by atoms with van der Waals surface area (Å²) in [4.78, 5) is 10.2. The number of hydrogen-bond donors (Lipinski definition) is 1. The van der Waals surface area contributed by atoms with Crippen molar-refractivity contribution < 1.29 is 15.0 Å². The van der Waals surface area contributed by atoms with Crippen LogP contribution in [0.15, 0.2) is 48.6 Å². The molecule has 0 rings (SSSR count). The Morgan fingerprint density at radius 2 is 1.70 bits per heavy atom. The van der Waals surface area contributed by atoms with Gasteiger partial charge in [-0.2, -0.15) is 0 Å². The number of allylic oxidation sites excluding steroid dienone is 7. The Labute approximate surface area is 141 Å². The van der Waals surface area contributed by atoms with E-state index in [0.717, 1.165) is 32.1 Å². The average molecular weight is 319 g/mol. The maximum absolute atomic E-state index is 10.2. The number of hydrogen-bond acceptors (Lipinski definition) is 3. The smallest absolute Gasteiger partial charge is 0.0723 e. The Hall–Kier alpha value is -1.61. The number of carboxylic acid groups (broad SMARTS) is 1. The molecule has 0 unspecified atom stereocenters. The maximum atomic E-state index is 10.2. The van der Waals surface area contributed by atoms with E-state index in [4.69, 9.17) is 0 Å². The molecule has 1 atom stereocenters. The minimum atomic E-state index is -0.979. The van der Waals surface area contributed by atoms with Crippen molar-refractivity contribution in [1.82, 2.24) is 0 Å². The van der Waals surface area contributed by atoms with Crippen LogP contribution in [-0.2, 0) is 4.79 Å². The third kappa shape index (κ3) is 18.3. The molecule has 0 saturated heterocycles. The van der Waals surface area contributed by atoms with Crippen LogP contribution in [0.2, 0.25) is 0 Å². The Kier molecular flexibility index (Phi) is 15.6. The van der Waals surface area contributed by atoms with E-state index in [1.165, 1.54) is 12.8 Å². The van der Waals surface area contributed by atoms with Gasteiger partial charge in [0.15, 0.2) is 0 Å². The summed E-state index contributed by atoms with van der Waals surface area (Å²) >= 11 is 0. The summed E-state index contributed by atoms with van der Waals surface area (Å²) in [6.45, 7) is 2.16. The minimum absolute atomic E-state index is 0.131. The normalized spacial score (nSPS) is 13.8. The Morgan fingerprint density at radius 3 is 2.39 bits per heavy atom. The summed E-state index contributed by atoms with van der Waals surface area (Å²) in [6.07, 6.45) is 23.2. The maximum Gasteiger partial charge on any atom is 0.0723 e. The lowest BCUT2D eigenvalue weighted by Gasteiger charge is -2.02. The highest BCUT2D eigenvalue weighted by Gasteiger charge is 1.96. The van der Waals surface area contributed by atoms with Gasteiger partial charge in [0.2, 0.25) is 0 Å². The molecular formula is C20H31O3-. The monoisotopic (exact) mass is 319 g/mol. The van der Waals surface area contributed by atoms with Gasteiger partial charge in [-0.15, -0.1) is 0 Å². The fraction of sp³-hybridized carbons (Fsp3) is 0.550. The number of carbonyl (C=O) groups is 1. The first-order valence-electron chi connectivity index (χ1n) is 8.68. The van der Waals surface area contributed by atoms with Crippen molar-refractivity contribution in [3.8, 4) is 0 Å². The van der Waals surface area contributed by atoms with Crippen molar-refractivity contribution in [3.05, 3.63) is 48.6 Å². The van der Waals surface area contributed by atoms with E-state index in [1.54, 1.807) is 0 Å². The first kappa shape index (κ1) is 21.4.